The monoisotopic (exact) mass is 635 g/mol. The van der Waals surface area contributed by atoms with E-state index in [0.29, 0.717) is 17.9 Å². The molecule has 3 N–H and O–H groups in total. The average Bonchev–Trinajstić information content (AvgIpc) is 3.00. The van der Waals surface area contributed by atoms with Gasteiger partial charge >= 0.3 is 12.3 Å². The van der Waals surface area contributed by atoms with Crippen LogP contribution in [0, 0.1) is 11.6 Å². The summed E-state index contributed by atoms with van der Waals surface area (Å²) >= 11 is 0. The van der Waals surface area contributed by atoms with Gasteiger partial charge in [0.05, 0.1) is 19.8 Å². The Hall–Kier alpha value is -4.23. The van der Waals surface area contributed by atoms with Crippen LogP contribution in [-0.4, -0.2) is 73.7 Å². The molecular formula is C32H34F5N3O5. The zero-order valence-corrected chi connectivity index (χ0v) is 24.4. The fraction of sp³-hybridized carbons (Fsp3) is 0.375. The third-order valence-electron chi connectivity index (χ3n) is 7.54. The molecular weight excluding hydrogens is 601 g/mol. The number of morpholine rings is 1. The highest BCUT2D eigenvalue weighted by Crippen LogP contribution is 2.31. The number of carbonyl (C=O) groups excluding carboxylic acids is 1. The van der Waals surface area contributed by atoms with E-state index in [1.54, 1.807) is 37.4 Å². The Bertz CT molecular complexity index is 1430. The van der Waals surface area contributed by atoms with Crippen LogP contribution in [0.3, 0.4) is 0 Å². The van der Waals surface area contributed by atoms with Crippen LogP contribution >= 0.6 is 0 Å². The highest BCUT2D eigenvalue weighted by atomic mass is 19.4. The van der Waals surface area contributed by atoms with Crippen molar-refractivity contribution in [2.45, 2.75) is 43.5 Å². The Kier molecular flexibility index (Phi) is 11.3. The number of rotatable bonds is 12. The van der Waals surface area contributed by atoms with Crippen LogP contribution < -0.4 is 15.4 Å². The molecule has 3 atom stereocenters. The van der Waals surface area contributed by atoms with Crippen molar-refractivity contribution >= 4 is 17.7 Å². The molecule has 3 aromatic carbocycles. The number of hydrogen-bond acceptors (Lipinski definition) is 5. The third kappa shape index (κ3) is 9.88. The third-order valence-corrected chi connectivity index (χ3v) is 7.54. The van der Waals surface area contributed by atoms with Crippen molar-refractivity contribution in [2.75, 3.05) is 38.7 Å². The molecule has 1 aliphatic heterocycles. The molecule has 0 aliphatic carbocycles. The van der Waals surface area contributed by atoms with Gasteiger partial charge in [-0.2, -0.15) is 13.2 Å². The van der Waals surface area contributed by atoms with Crippen LogP contribution in [0.25, 0.3) is 0 Å². The van der Waals surface area contributed by atoms with E-state index in [4.69, 9.17) is 14.6 Å². The minimum Gasteiger partial charge on any atom is -0.497 e. The SMILES string of the molecule is COc1ccc([C@H](CC(=O)Nc2cccc(F)c2CC[C@@H]2CN[C@@H](CN(CC(F)(F)F)C(=O)O)CO2)c2ccc(F)cc2)cc1. The van der Waals surface area contributed by atoms with E-state index < -0.39 is 55.1 Å². The number of halogens is 5. The predicted molar refractivity (Wildman–Crippen MR) is 156 cm³/mol. The van der Waals surface area contributed by atoms with Gasteiger partial charge in [0.2, 0.25) is 5.91 Å². The van der Waals surface area contributed by atoms with Crippen molar-refractivity contribution in [1.29, 1.82) is 0 Å². The molecule has 1 fully saturated rings. The summed E-state index contributed by atoms with van der Waals surface area (Å²) in [5, 5.41) is 14.9. The number of hydrogen-bond donors (Lipinski definition) is 3. The molecule has 0 radical (unpaired) electrons. The number of methoxy groups -OCH3 is 1. The fourth-order valence-electron chi connectivity index (χ4n) is 5.24. The normalized spacial score (nSPS) is 17.4. The molecule has 0 aromatic heterocycles. The lowest BCUT2D eigenvalue weighted by molar-refractivity contribution is -0.143. The molecule has 0 unspecified atom stereocenters. The number of amides is 2. The number of carboxylic acid groups (broad SMARTS) is 1. The van der Waals surface area contributed by atoms with Gasteiger partial charge in [-0.3, -0.25) is 9.69 Å². The molecule has 3 aromatic rings. The van der Waals surface area contributed by atoms with Gasteiger partial charge in [0.1, 0.15) is 23.9 Å². The molecule has 0 bridgehead atoms. The molecule has 4 rings (SSSR count). The maximum absolute atomic E-state index is 15.0. The molecule has 13 heteroatoms. The summed E-state index contributed by atoms with van der Waals surface area (Å²) in [5.74, 6) is -1.09. The summed E-state index contributed by atoms with van der Waals surface area (Å²) in [6.45, 7) is -1.79. The summed E-state index contributed by atoms with van der Waals surface area (Å²) < 4.78 is 77.7. The topological polar surface area (TPSA) is 100 Å². The van der Waals surface area contributed by atoms with Gasteiger partial charge in [-0.15, -0.1) is 0 Å². The first-order chi connectivity index (χ1) is 21.4. The first-order valence-corrected chi connectivity index (χ1v) is 14.3. The Balaban J connectivity index is 1.38. The van der Waals surface area contributed by atoms with E-state index in [-0.39, 0.29) is 42.4 Å². The molecule has 1 aliphatic rings. The quantitative estimate of drug-likeness (QED) is 0.212. The van der Waals surface area contributed by atoms with Crippen molar-refractivity contribution in [2.24, 2.45) is 0 Å². The molecule has 8 nitrogen and oxygen atoms in total. The van der Waals surface area contributed by atoms with Crippen molar-refractivity contribution in [3.63, 3.8) is 0 Å². The van der Waals surface area contributed by atoms with Gasteiger partial charge in [-0.05, 0) is 60.4 Å². The number of alkyl halides is 3. The highest BCUT2D eigenvalue weighted by molar-refractivity contribution is 5.92. The van der Waals surface area contributed by atoms with Crippen molar-refractivity contribution in [1.82, 2.24) is 10.2 Å². The van der Waals surface area contributed by atoms with Crippen molar-refractivity contribution in [3.05, 3.63) is 95.1 Å². The van der Waals surface area contributed by atoms with Crippen LogP contribution in [0.5, 0.6) is 5.75 Å². The number of nitrogens with one attached hydrogen (secondary N) is 2. The predicted octanol–water partition coefficient (Wildman–Crippen LogP) is 5.97. The zero-order valence-electron chi connectivity index (χ0n) is 24.4. The Morgan fingerprint density at radius 2 is 1.73 bits per heavy atom. The summed E-state index contributed by atoms with van der Waals surface area (Å²) in [6.07, 6.45) is -6.25. The molecule has 2 amide bonds. The van der Waals surface area contributed by atoms with Crippen molar-refractivity contribution < 1.29 is 46.1 Å². The summed E-state index contributed by atoms with van der Waals surface area (Å²) in [5.41, 5.74) is 2.09. The van der Waals surface area contributed by atoms with Crippen LogP contribution in [-0.2, 0) is 16.0 Å². The van der Waals surface area contributed by atoms with Crippen LogP contribution in [0.1, 0.15) is 35.4 Å². The standard InChI is InChI=1S/C32H34F5N3O5/c1-44-24-11-7-21(8-12-24)27(20-5-9-22(33)10-6-20)15-30(41)39-29-4-2-3-28(34)26(29)14-13-25-16-38-23(18-45-25)17-40(31(42)43)19-32(35,36)37/h2-12,23,25,27,38H,13-19H2,1H3,(H,39,41)(H,42,43)/t23-,25+,27+/m0/s1. The van der Waals surface area contributed by atoms with E-state index in [1.165, 1.54) is 24.3 Å². The van der Waals surface area contributed by atoms with E-state index in [2.05, 4.69) is 10.6 Å². The van der Waals surface area contributed by atoms with E-state index in [9.17, 15) is 31.5 Å². The second-order valence-corrected chi connectivity index (χ2v) is 10.8. The first-order valence-electron chi connectivity index (χ1n) is 14.3. The number of ether oxygens (including phenoxy) is 2. The Morgan fingerprint density at radius 3 is 2.31 bits per heavy atom. The van der Waals surface area contributed by atoms with Crippen LogP contribution in [0.15, 0.2) is 66.7 Å². The Morgan fingerprint density at radius 1 is 1.07 bits per heavy atom. The molecule has 1 heterocycles. The van der Waals surface area contributed by atoms with E-state index in [0.717, 1.165) is 11.1 Å². The maximum Gasteiger partial charge on any atom is 0.407 e. The van der Waals surface area contributed by atoms with Gasteiger partial charge in [0.25, 0.3) is 0 Å². The lowest BCUT2D eigenvalue weighted by Crippen LogP contribution is -2.53. The van der Waals surface area contributed by atoms with Gasteiger partial charge in [-0.25, -0.2) is 13.6 Å². The van der Waals surface area contributed by atoms with Crippen LogP contribution in [0.2, 0.25) is 0 Å². The summed E-state index contributed by atoms with van der Waals surface area (Å²) in [4.78, 5) is 24.8. The second kappa shape index (κ2) is 15.2. The van der Waals surface area contributed by atoms with E-state index in [1.807, 2.05) is 12.1 Å². The minimum atomic E-state index is -4.67. The van der Waals surface area contributed by atoms with Crippen LogP contribution in [0.4, 0.5) is 32.4 Å². The molecule has 45 heavy (non-hydrogen) atoms. The maximum atomic E-state index is 15.0. The van der Waals surface area contributed by atoms with Gasteiger partial charge in [0.15, 0.2) is 0 Å². The largest absolute Gasteiger partial charge is 0.497 e. The molecule has 0 saturated carbocycles. The summed E-state index contributed by atoms with van der Waals surface area (Å²) in [7, 11) is 1.54. The van der Waals surface area contributed by atoms with Crippen molar-refractivity contribution in [3.8, 4) is 5.75 Å². The first kappa shape index (κ1) is 33.7. The smallest absolute Gasteiger partial charge is 0.407 e. The second-order valence-electron chi connectivity index (χ2n) is 10.8. The van der Waals surface area contributed by atoms with Gasteiger partial charge in [-0.1, -0.05) is 30.3 Å². The molecule has 242 valence electrons. The zero-order chi connectivity index (χ0) is 32.6. The summed E-state index contributed by atoms with van der Waals surface area (Å²) in [6, 6.07) is 16.8. The fourth-order valence-corrected chi connectivity index (χ4v) is 5.24. The highest BCUT2D eigenvalue weighted by Gasteiger charge is 2.35. The number of nitrogens with zero attached hydrogens (tertiary/aromatic N) is 1. The average molecular weight is 636 g/mol. The van der Waals surface area contributed by atoms with E-state index >= 15 is 0 Å². The number of benzene rings is 3. The Labute approximate surface area is 257 Å². The lowest BCUT2D eigenvalue weighted by Gasteiger charge is -2.33. The van der Waals surface area contributed by atoms with Gasteiger partial charge in [0, 0.05) is 42.7 Å². The van der Waals surface area contributed by atoms with Gasteiger partial charge < -0.3 is 25.2 Å². The number of carbonyl (C=O) groups is 2. The molecule has 0 spiro atoms. The number of anilines is 1. The minimum absolute atomic E-state index is 0.00728. The molecule has 1 saturated heterocycles. The lowest BCUT2D eigenvalue weighted by atomic mass is 9.88.